The van der Waals surface area contributed by atoms with Crippen LogP contribution in [-0.4, -0.2) is 55.1 Å². The van der Waals surface area contributed by atoms with Gasteiger partial charge in [-0.15, -0.1) is 0 Å². The van der Waals surface area contributed by atoms with Gasteiger partial charge in [-0.05, 0) is 62.0 Å². The molecule has 7 heteroatoms. The number of ketones is 3. The van der Waals surface area contributed by atoms with Crippen molar-refractivity contribution in [3.8, 4) is 0 Å². The van der Waals surface area contributed by atoms with Crippen LogP contribution in [-0.2, 0) is 14.4 Å². The van der Waals surface area contributed by atoms with Crippen molar-refractivity contribution >= 4 is 17.3 Å². The summed E-state index contributed by atoms with van der Waals surface area (Å²) in [6.07, 6.45) is 7.27. The molecule has 0 amide bonds. The topological polar surface area (TPSA) is 132 Å². The number of carbonyl (C=O) groups is 3. The highest BCUT2D eigenvalue weighted by atomic mass is 16.3. The molecule has 204 valence electrons. The van der Waals surface area contributed by atoms with Crippen molar-refractivity contribution in [3.05, 3.63) is 36.1 Å². The van der Waals surface area contributed by atoms with E-state index in [0.717, 1.165) is 6.08 Å². The summed E-state index contributed by atoms with van der Waals surface area (Å²) in [6, 6.07) is 0. The van der Waals surface area contributed by atoms with E-state index in [9.17, 15) is 34.8 Å². The maximum atomic E-state index is 14.2. The van der Waals surface area contributed by atoms with Crippen LogP contribution in [0.3, 0.4) is 0 Å². The van der Waals surface area contributed by atoms with Gasteiger partial charge in [0.25, 0.3) is 0 Å². The summed E-state index contributed by atoms with van der Waals surface area (Å²) >= 11 is 0. The van der Waals surface area contributed by atoms with Gasteiger partial charge in [-0.3, -0.25) is 14.4 Å². The lowest BCUT2D eigenvalue weighted by atomic mass is 9.39. The Hall–Kier alpha value is -2.09. The second-order valence-electron chi connectivity index (χ2n) is 14.0. The second kappa shape index (κ2) is 7.96. The molecule has 4 aliphatic rings. The smallest absolute Gasteiger partial charge is 0.202 e. The molecule has 0 spiro atoms. The lowest BCUT2D eigenvalue weighted by molar-refractivity contribution is -0.178. The van der Waals surface area contributed by atoms with Gasteiger partial charge in [0.05, 0.1) is 11.7 Å². The number of rotatable bonds is 4. The van der Waals surface area contributed by atoms with Crippen LogP contribution in [0.4, 0.5) is 0 Å². The van der Waals surface area contributed by atoms with Gasteiger partial charge in [0.1, 0.15) is 11.4 Å². The molecule has 0 aromatic carbocycles. The lowest BCUT2D eigenvalue weighted by Gasteiger charge is -2.63. The molecule has 4 rings (SSSR count). The molecule has 4 aliphatic carbocycles. The predicted octanol–water partition coefficient (Wildman–Crippen LogP) is 3.48. The third-order valence-corrected chi connectivity index (χ3v) is 10.8. The van der Waals surface area contributed by atoms with E-state index >= 15 is 0 Å². The van der Waals surface area contributed by atoms with Gasteiger partial charge in [0.2, 0.25) is 5.78 Å². The number of carbonyl (C=O) groups excluding carboxylic acids is 3. The summed E-state index contributed by atoms with van der Waals surface area (Å²) in [5.41, 5.74) is -6.63. The molecule has 9 atom stereocenters. The van der Waals surface area contributed by atoms with Crippen LogP contribution in [0.2, 0.25) is 0 Å². The number of fused-ring (bicyclic) bond motifs is 5. The molecule has 0 radical (unpaired) electrons. The predicted molar refractivity (Wildman–Crippen MR) is 138 cm³/mol. The van der Waals surface area contributed by atoms with Crippen LogP contribution >= 0.6 is 0 Å². The van der Waals surface area contributed by atoms with Gasteiger partial charge in [0, 0.05) is 29.1 Å². The first-order valence-corrected chi connectivity index (χ1v) is 13.2. The number of Topliss-reactive ketones (excluding diaryl/α,β-unsaturated/α-hetero) is 2. The monoisotopic (exact) mass is 514 g/mol. The van der Waals surface area contributed by atoms with Crippen molar-refractivity contribution in [1.82, 2.24) is 0 Å². The molecule has 37 heavy (non-hydrogen) atoms. The van der Waals surface area contributed by atoms with E-state index in [1.807, 2.05) is 32.9 Å². The van der Waals surface area contributed by atoms with Crippen LogP contribution in [0.5, 0.6) is 0 Å². The van der Waals surface area contributed by atoms with Crippen molar-refractivity contribution in [3.63, 3.8) is 0 Å². The van der Waals surface area contributed by atoms with Crippen molar-refractivity contribution in [2.75, 3.05) is 0 Å². The highest BCUT2D eigenvalue weighted by molar-refractivity contribution is 6.00. The largest absolute Gasteiger partial charge is 0.505 e. The van der Waals surface area contributed by atoms with Gasteiger partial charge >= 0.3 is 0 Å². The summed E-state index contributed by atoms with van der Waals surface area (Å²) in [4.78, 5) is 40.1. The van der Waals surface area contributed by atoms with Gasteiger partial charge in [-0.2, -0.15) is 0 Å². The fourth-order valence-corrected chi connectivity index (χ4v) is 8.54. The molecule has 2 saturated carbocycles. The highest BCUT2D eigenvalue weighted by Gasteiger charge is 2.74. The maximum Gasteiger partial charge on any atom is 0.202 e. The van der Waals surface area contributed by atoms with Crippen molar-refractivity contribution in [2.45, 2.75) is 85.5 Å². The second-order valence-corrected chi connectivity index (χ2v) is 14.0. The van der Waals surface area contributed by atoms with Crippen LogP contribution < -0.4 is 0 Å². The van der Waals surface area contributed by atoms with Crippen LogP contribution in [0.15, 0.2) is 36.1 Å². The summed E-state index contributed by atoms with van der Waals surface area (Å²) < 4.78 is 0. The summed E-state index contributed by atoms with van der Waals surface area (Å²) in [5, 5.41) is 43.5. The molecule has 4 N–H and O–H groups in total. The Morgan fingerprint density at radius 3 is 2.16 bits per heavy atom. The Kier molecular flexibility index (Phi) is 6.01. The Bertz CT molecular complexity index is 1140. The van der Waals surface area contributed by atoms with E-state index in [1.54, 1.807) is 19.9 Å². The minimum absolute atomic E-state index is 0.0386. The van der Waals surface area contributed by atoms with Crippen LogP contribution in [0.25, 0.3) is 0 Å². The molecule has 0 heterocycles. The first-order valence-electron chi connectivity index (χ1n) is 13.2. The average molecular weight is 515 g/mol. The fraction of sp³-hybridized carbons (Fsp3) is 0.700. The molecule has 0 aliphatic heterocycles. The number of allylic oxidation sites excluding steroid dienone is 4. The van der Waals surface area contributed by atoms with Crippen molar-refractivity contribution < 1.29 is 34.8 Å². The first kappa shape index (κ1) is 27.9. The van der Waals surface area contributed by atoms with Crippen molar-refractivity contribution in [1.29, 1.82) is 0 Å². The van der Waals surface area contributed by atoms with E-state index < -0.39 is 56.6 Å². The SMILES string of the molecule is CC(C)(O)/C=C/C(=O)[C@@](C)(O)[C@H]1[C@H](O)C[C@]2(C)[C@@H]3C=C[C@H]4[C@H](C=C(O)C(=O)C4(C)C)[C@@]3(C)C(=O)C[C@]12C. The lowest BCUT2D eigenvalue weighted by Crippen LogP contribution is -2.65. The van der Waals surface area contributed by atoms with Gasteiger partial charge < -0.3 is 20.4 Å². The van der Waals surface area contributed by atoms with Gasteiger partial charge in [0.15, 0.2) is 11.5 Å². The van der Waals surface area contributed by atoms with E-state index in [-0.39, 0.29) is 42.0 Å². The number of aliphatic hydroxyl groups is 4. The maximum absolute atomic E-state index is 14.2. The first-order chi connectivity index (χ1) is 16.7. The molecule has 7 nitrogen and oxygen atoms in total. The zero-order valence-corrected chi connectivity index (χ0v) is 23.2. The van der Waals surface area contributed by atoms with Crippen molar-refractivity contribution in [2.24, 2.45) is 45.3 Å². The number of hydrogen-bond acceptors (Lipinski definition) is 7. The molecule has 0 unspecified atom stereocenters. The molecule has 0 aromatic rings. The number of hydrogen-bond donors (Lipinski definition) is 4. The summed E-state index contributed by atoms with van der Waals surface area (Å²) in [6.45, 7) is 13.8. The Morgan fingerprint density at radius 1 is 1.00 bits per heavy atom. The molecular formula is C30H42O7. The third kappa shape index (κ3) is 3.60. The molecule has 2 fully saturated rings. The van der Waals surface area contributed by atoms with Gasteiger partial charge in [-0.25, -0.2) is 0 Å². The number of aliphatic hydroxyl groups excluding tert-OH is 2. The molecule has 0 saturated heterocycles. The fourth-order valence-electron chi connectivity index (χ4n) is 8.54. The zero-order chi connectivity index (χ0) is 28.1. The van der Waals surface area contributed by atoms with E-state index in [4.69, 9.17) is 0 Å². The van der Waals surface area contributed by atoms with E-state index in [0.29, 0.717) is 0 Å². The van der Waals surface area contributed by atoms with E-state index in [1.165, 1.54) is 26.8 Å². The molecular weight excluding hydrogens is 472 g/mol. The molecule has 0 bridgehead atoms. The highest BCUT2D eigenvalue weighted by Crippen LogP contribution is 2.73. The Morgan fingerprint density at radius 2 is 1.59 bits per heavy atom. The van der Waals surface area contributed by atoms with Crippen LogP contribution in [0.1, 0.15) is 68.2 Å². The average Bonchev–Trinajstić information content (AvgIpc) is 2.96. The summed E-state index contributed by atoms with van der Waals surface area (Å²) in [5.74, 6) is -3.31. The zero-order valence-electron chi connectivity index (χ0n) is 23.2. The van der Waals surface area contributed by atoms with Gasteiger partial charge in [-0.1, -0.05) is 52.8 Å². The quantitative estimate of drug-likeness (QED) is 0.334. The Balaban J connectivity index is 1.82. The Labute approximate surface area is 219 Å². The normalized spacial score (nSPS) is 44.6. The molecule has 0 aromatic heterocycles. The summed E-state index contributed by atoms with van der Waals surface area (Å²) in [7, 11) is 0. The van der Waals surface area contributed by atoms with Crippen LogP contribution in [0, 0.1) is 45.3 Å². The minimum atomic E-state index is -1.97. The standard InChI is InChI=1S/C30H42O7/c1-25(2,36)12-11-21(33)30(8,37)23-19(32)14-27(5)20-10-9-16-17(13-18(31)24(35)26(16,3)4)29(20,7)22(34)15-28(23,27)6/h9-13,16-17,19-20,23,31-32,36-37H,14-15H2,1-8H3/b12-11+/t16-,17-,19+,20-,23-,27+,28+,29+,30+/m0/s1. The minimum Gasteiger partial charge on any atom is -0.505 e. The third-order valence-electron chi connectivity index (χ3n) is 10.8. The van der Waals surface area contributed by atoms with E-state index in [2.05, 4.69) is 0 Å².